The number of ether oxygens (including phenoxy) is 1. The minimum Gasteiger partial charge on any atom is -0.360 e. The van der Waals surface area contributed by atoms with Crippen LogP contribution in [0.2, 0.25) is 5.02 Å². The van der Waals surface area contributed by atoms with Crippen LogP contribution in [-0.2, 0) is 24.3 Å². The topological polar surface area (TPSA) is 80.8 Å². The van der Waals surface area contributed by atoms with Crippen molar-refractivity contribution < 1.29 is 22.7 Å². The highest BCUT2D eigenvalue weighted by Crippen LogP contribution is 2.36. The molecule has 1 heterocycles. The Bertz CT molecular complexity index is 688. The van der Waals surface area contributed by atoms with Crippen LogP contribution in [0.5, 0.6) is 0 Å². The summed E-state index contributed by atoms with van der Waals surface area (Å²) in [7, 11) is -2.80. The minimum absolute atomic E-state index is 0.0811. The van der Waals surface area contributed by atoms with Crippen molar-refractivity contribution in [2.45, 2.75) is 30.9 Å². The smallest absolute Gasteiger partial charge is 0.268 e. The Kier molecular flexibility index (Phi) is 4.60. The van der Waals surface area contributed by atoms with E-state index in [0.29, 0.717) is 15.6 Å². The molecule has 0 aliphatic carbocycles. The predicted molar refractivity (Wildman–Crippen MR) is 79.7 cm³/mol. The number of methoxy groups -OCH3 is 1. The first kappa shape index (κ1) is 16.9. The SMILES string of the molecule is CO[C@H]1CC[C@](C)(C=O)C(=O)N1S(=O)(=O)c1ccc(Cl)cc1. The molecule has 1 aliphatic rings. The van der Waals surface area contributed by atoms with Gasteiger partial charge in [0, 0.05) is 12.1 Å². The van der Waals surface area contributed by atoms with Crippen molar-refractivity contribution in [2.24, 2.45) is 5.41 Å². The molecule has 1 aromatic carbocycles. The first-order valence-electron chi connectivity index (χ1n) is 6.60. The lowest BCUT2D eigenvalue weighted by atomic mass is 9.83. The third-order valence-electron chi connectivity index (χ3n) is 3.76. The van der Waals surface area contributed by atoms with Gasteiger partial charge in [-0.25, -0.2) is 12.7 Å². The fraction of sp³-hybridized carbons (Fsp3) is 0.429. The Morgan fingerprint density at radius 1 is 1.36 bits per heavy atom. The van der Waals surface area contributed by atoms with Crippen molar-refractivity contribution in [3.63, 3.8) is 0 Å². The van der Waals surface area contributed by atoms with Gasteiger partial charge < -0.3 is 9.53 Å². The van der Waals surface area contributed by atoms with Crippen LogP contribution in [0.3, 0.4) is 0 Å². The van der Waals surface area contributed by atoms with Crippen molar-refractivity contribution in [2.75, 3.05) is 7.11 Å². The third-order valence-corrected chi connectivity index (χ3v) is 5.80. The van der Waals surface area contributed by atoms with Crippen LogP contribution in [0.15, 0.2) is 29.2 Å². The minimum atomic E-state index is -4.13. The van der Waals surface area contributed by atoms with Crippen LogP contribution in [0, 0.1) is 5.41 Å². The van der Waals surface area contributed by atoms with Crippen LogP contribution in [0.4, 0.5) is 0 Å². The van der Waals surface area contributed by atoms with Gasteiger partial charge in [0.25, 0.3) is 15.9 Å². The summed E-state index contributed by atoms with van der Waals surface area (Å²) >= 11 is 5.75. The molecule has 0 aromatic heterocycles. The molecule has 1 amide bonds. The van der Waals surface area contributed by atoms with E-state index in [0.717, 1.165) is 0 Å². The van der Waals surface area contributed by atoms with Gasteiger partial charge in [-0.3, -0.25) is 4.79 Å². The maximum absolute atomic E-state index is 12.7. The van der Waals surface area contributed by atoms with E-state index in [1.807, 2.05) is 0 Å². The number of aldehydes is 1. The first-order valence-corrected chi connectivity index (χ1v) is 8.41. The average Bonchev–Trinajstić information content (AvgIpc) is 2.50. The van der Waals surface area contributed by atoms with Gasteiger partial charge in [-0.2, -0.15) is 0 Å². The zero-order valence-corrected chi connectivity index (χ0v) is 13.7. The molecular weight excluding hydrogens is 330 g/mol. The summed E-state index contributed by atoms with van der Waals surface area (Å²) in [5.41, 5.74) is -1.37. The number of carbonyl (C=O) groups is 2. The van der Waals surface area contributed by atoms with Crippen molar-refractivity contribution >= 4 is 33.8 Å². The fourth-order valence-electron chi connectivity index (χ4n) is 2.34. The Morgan fingerprint density at radius 2 is 1.95 bits per heavy atom. The van der Waals surface area contributed by atoms with Crippen LogP contribution in [0.1, 0.15) is 19.8 Å². The maximum Gasteiger partial charge on any atom is 0.268 e. The van der Waals surface area contributed by atoms with E-state index in [-0.39, 0.29) is 17.7 Å². The number of hydrogen-bond acceptors (Lipinski definition) is 5. The molecule has 0 N–H and O–H groups in total. The van der Waals surface area contributed by atoms with E-state index >= 15 is 0 Å². The van der Waals surface area contributed by atoms with Gasteiger partial charge in [0.2, 0.25) is 0 Å². The molecule has 0 spiro atoms. The molecule has 2 rings (SSSR count). The van der Waals surface area contributed by atoms with Gasteiger partial charge in [0.05, 0.1) is 4.90 Å². The van der Waals surface area contributed by atoms with Crippen LogP contribution >= 0.6 is 11.6 Å². The Morgan fingerprint density at radius 3 is 2.45 bits per heavy atom. The molecule has 120 valence electrons. The lowest BCUT2D eigenvalue weighted by Gasteiger charge is -2.40. The fourth-order valence-corrected chi connectivity index (χ4v) is 4.10. The van der Waals surface area contributed by atoms with Crippen molar-refractivity contribution in [1.29, 1.82) is 0 Å². The molecule has 0 radical (unpaired) electrons. The second-order valence-corrected chi connectivity index (χ2v) is 7.58. The summed E-state index contributed by atoms with van der Waals surface area (Å²) in [5, 5.41) is 0.380. The number of hydrogen-bond donors (Lipinski definition) is 0. The summed E-state index contributed by atoms with van der Waals surface area (Å²) in [6, 6.07) is 5.46. The van der Waals surface area contributed by atoms with Crippen molar-refractivity contribution in [3.05, 3.63) is 29.3 Å². The van der Waals surface area contributed by atoms with E-state index in [4.69, 9.17) is 16.3 Å². The molecule has 0 unspecified atom stereocenters. The number of halogens is 1. The molecule has 1 aromatic rings. The van der Waals surface area contributed by atoms with Gasteiger partial charge in [-0.1, -0.05) is 11.6 Å². The highest BCUT2D eigenvalue weighted by molar-refractivity contribution is 7.89. The summed E-state index contributed by atoms with van der Waals surface area (Å²) in [6.45, 7) is 1.43. The summed E-state index contributed by atoms with van der Waals surface area (Å²) in [6.07, 6.45) is 0.0531. The molecular formula is C14H16ClNO5S. The molecule has 0 saturated carbocycles. The van der Waals surface area contributed by atoms with Crippen LogP contribution in [0.25, 0.3) is 0 Å². The van der Waals surface area contributed by atoms with Crippen LogP contribution in [-0.4, -0.2) is 38.3 Å². The number of rotatable bonds is 4. The lowest BCUT2D eigenvalue weighted by molar-refractivity contribution is -0.154. The molecule has 1 aliphatic heterocycles. The Balaban J connectivity index is 2.51. The normalized spacial score (nSPS) is 26.0. The highest BCUT2D eigenvalue weighted by Gasteiger charge is 2.49. The molecule has 2 atom stereocenters. The number of nitrogens with zero attached hydrogens (tertiary/aromatic N) is 1. The monoisotopic (exact) mass is 345 g/mol. The number of piperidine rings is 1. The first-order chi connectivity index (χ1) is 10.3. The molecule has 22 heavy (non-hydrogen) atoms. The molecule has 0 bridgehead atoms. The predicted octanol–water partition coefficient (Wildman–Crippen LogP) is 1.83. The zero-order chi connectivity index (χ0) is 16.5. The summed E-state index contributed by atoms with van der Waals surface area (Å²) in [4.78, 5) is 23.7. The largest absolute Gasteiger partial charge is 0.360 e. The number of carbonyl (C=O) groups excluding carboxylic acids is 2. The molecule has 1 fully saturated rings. The third kappa shape index (κ3) is 2.76. The Hall–Kier alpha value is -1.44. The van der Waals surface area contributed by atoms with Gasteiger partial charge in [-0.05, 0) is 44.0 Å². The van der Waals surface area contributed by atoms with Crippen molar-refractivity contribution in [3.8, 4) is 0 Å². The van der Waals surface area contributed by atoms with E-state index in [1.54, 1.807) is 0 Å². The maximum atomic E-state index is 12.7. The molecule has 6 nitrogen and oxygen atoms in total. The van der Waals surface area contributed by atoms with Crippen molar-refractivity contribution in [1.82, 2.24) is 4.31 Å². The van der Waals surface area contributed by atoms with E-state index in [1.165, 1.54) is 38.3 Å². The molecule has 8 heteroatoms. The average molecular weight is 346 g/mol. The zero-order valence-electron chi connectivity index (χ0n) is 12.2. The van der Waals surface area contributed by atoms with Crippen LogP contribution < -0.4 is 0 Å². The van der Waals surface area contributed by atoms with E-state index in [2.05, 4.69) is 0 Å². The quantitative estimate of drug-likeness (QED) is 0.614. The van der Waals surface area contributed by atoms with Gasteiger partial charge in [0.15, 0.2) is 0 Å². The molecule has 1 saturated heterocycles. The standard InChI is InChI=1S/C14H16ClNO5S/c1-14(9-17)8-7-12(21-2)16(13(14)18)22(19,20)11-5-3-10(15)4-6-11/h3-6,9,12H,7-8H2,1-2H3/t12-,14+/m0/s1. The second kappa shape index (κ2) is 5.98. The van der Waals surface area contributed by atoms with E-state index < -0.39 is 27.6 Å². The van der Waals surface area contributed by atoms with Gasteiger partial charge >= 0.3 is 0 Å². The van der Waals surface area contributed by atoms with Gasteiger partial charge in [-0.15, -0.1) is 0 Å². The van der Waals surface area contributed by atoms with Gasteiger partial charge in [0.1, 0.15) is 17.9 Å². The number of benzene rings is 1. The lowest BCUT2D eigenvalue weighted by Crippen LogP contribution is -2.56. The second-order valence-electron chi connectivity index (χ2n) is 5.32. The summed E-state index contributed by atoms with van der Waals surface area (Å²) < 4.78 is 31.3. The number of amides is 1. The number of sulfonamides is 1. The highest BCUT2D eigenvalue weighted by atomic mass is 35.5. The summed E-state index contributed by atoms with van der Waals surface area (Å²) in [5.74, 6) is -0.782. The Labute approximate surface area is 134 Å². The van der Waals surface area contributed by atoms with E-state index in [9.17, 15) is 18.0 Å².